The SMILES string of the molecule is COc1cc(/C=C2/C(=O)NC(=O)N(c3ccc(Cl)cc3)C2=O)ccc1OCCCOc1ccccc1. The average molecular weight is 507 g/mol. The van der Waals surface area contributed by atoms with Crippen molar-refractivity contribution in [3.63, 3.8) is 0 Å². The van der Waals surface area contributed by atoms with Crippen molar-refractivity contribution in [2.45, 2.75) is 6.42 Å². The smallest absolute Gasteiger partial charge is 0.335 e. The molecule has 0 aliphatic carbocycles. The first-order chi connectivity index (χ1) is 17.5. The molecule has 1 fully saturated rings. The number of rotatable bonds is 9. The fourth-order valence-electron chi connectivity index (χ4n) is 3.49. The molecule has 1 N–H and O–H groups in total. The first-order valence-electron chi connectivity index (χ1n) is 11.1. The number of nitrogens with zero attached hydrogens (tertiary/aromatic N) is 1. The summed E-state index contributed by atoms with van der Waals surface area (Å²) >= 11 is 5.90. The van der Waals surface area contributed by atoms with Crippen molar-refractivity contribution in [3.05, 3.63) is 89.0 Å². The van der Waals surface area contributed by atoms with Crippen LogP contribution in [0.3, 0.4) is 0 Å². The van der Waals surface area contributed by atoms with Crippen LogP contribution in [0.2, 0.25) is 5.02 Å². The van der Waals surface area contributed by atoms with Crippen molar-refractivity contribution in [3.8, 4) is 17.2 Å². The normalized spacial score (nSPS) is 14.6. The molecule has 0 bridgehead atoms. The number of barbiturate groups is 1. The van der Waals surface area contributed by atoms with Gasteiger partial charge in [0.05, 0.1) is 26.0 Å². The van der Waals surface area contributed by atoms with Gasteiger partial charge in [-0.1, -0.05) is 35.9 Å². The molecule has 4 rings (SSSR count). The third kappa shape index (κ3) is 5.84. The maximum absolute atomic E-state index is 13.0. The molecule has 0 unspecified atom stereocenters. The zero-order valence-electron chi connectivity index (χ0n) is 19.4. The summed E-state index contributed by atoms with van der Waals surface area (Å²) in [7, 11) is 1.50. The Morgan fingerprint density at radius 1 is 0.889 bits per heavy atom. The Bertz CT molecular complexity index is 1290. The number of carbonyl (C=O) groups excluding carboxylic acids is 3. The van der Waals surface area contributed by atoms with Crippen LogP contribution in [-0.4, -0.2) is 38.2 Å². The Morgan fingerprint density at radius 3 is 2.33 bits per heavy atom. The third-order valence-electron chi connectivity index (χ3n) is 5.24. The monoisotopic (exact) mass is 506 g/mol. The molecule has 1 aliphatic heterocycles. The second-order valence-corrected chi connectivity index (χ2v) is 8.14. The minimum absolute atomic E-state index is 0.196. The summed E-state index contributed by atoms with van der Waals surface area (Å²) in [5.41, 5.74) is 0.617. The summed E-state index contributed by atoms with van der Waals surface area (Å²) in [5.74, 6) is 0.209. The minimum Gasteiger partial charge on any atom is -0.493 e. The zero-order chi connectivity index (χ0) is 25.5. The van der Waals surface area contributed by atoms with Gasteiger partial charge >= 0.3 is 6.03 Å². The molecule has 1 heterocycles. The van der Waals surface area contributed by atoms with E-state index in [2.05, 4.69) is 5.32 Å². The molecule has 1 aliphatic rings. The number of carbonyl (C=O) groups is 3. The molecule has 0 atom stereocenters. The van der Waals surface area contributed by atoms with E-state index in [1.54, 1.807) is 30.3 Å². The number of ether oxygens (including phenoxy) is 3. The van der Waals surface area contributed by atoms with E-state index in [1.165, 1.54) is 25.3 Å². The van der Waals surface area contributed by atoms with Crippen LogP contribution in [0.4, 0.5) is 10.5 Å². The highest BCUT2D eigenvalue weighted by Gasteiger charge is 2.36. The van der Waals surface area contributed by atoms with Gasteiger partial charge in [-0.15, -0.1) is 0 Å². The number of benzene rings is 3. The number of anilines is 1. The lowest BCUT2D eigenvalue weighted by molar-refractivity contribution is -0.122. The topological polar surface area (TPSA) is 94.2 Å². The number of urea groups is 1. The van der Waals surface area contributed by atoms with E-state index in [0.29, 0.717) is 41.7 Å². The zero-order valence-corrected chi connectivity index (χ0v) is 20.2. The number of methoxy groups -OCH3 is 1. The molecular weight excluding hydrogens is 484 g/mol. The van der Waals surface area contributed by atoms with Gasteiger partial charge in [-0.05, 0) is 60.2 Å². The lowest BCUT2D eigenvalue weighted by atomic mass is 10.1. The summed E-state index contributed by atoms with van der Waals surface area (Å²) in [6, 6.07) is 19.9. The maximum Gasteiger partial charge on any atom is 0.335 e. The van der Waals surface area contributed by atoms with E-state index in [1.807, 2.05) is 30.3 Å². The number of hydrogen-bond donors (Lipinski definition) is 1. The van der Waals surface area contributed by atoms with Gasteiger partial charge in [0.1, 0.15) is 11.3 Å². The summed E-state index contributed by atoms with van der Waals surface area (Å²) in [6.45, 7) is 0.902. The van der Waals surface area contributed by atoms with Crippen LogP contribution >= 0.6 is 11.6 Å². The highest BCUT2D eigenvalue weighted by molar-refractivity contribution is 6.39. The molecule has 9 heteroatoms. The Balaban J connectivity index is 1.44. The number of hydrogen-bond acceptors (Lipinski definition) is 6. The van der Waals surface area contributed by atoms with Crippen LogP contribution in [0, 0.1) is 0 Å². The molecule has 0 aromatic heterocycles. The number of para-hydroxylation sites is 1. The van der Waals surface area contributed by atoms with E-state index >= 15 is 0 Å². The van der Waals surface area contributed by atoms with Gasteiger partial charge < -0.3 is 14.2 Å². The highest BCUT2D eigenvalue weighted by atomic mass is 35.5. The second-order valence-electron chi connectivity index (χ2n) is 7.71. The molecule has 1 saturated heterocycles. The lowest BCUT2D eigenvalue weighted by Gasteiger charge is -2.26. The van der Waals surface area contributed by atoms with Gasteiger partial charge in [0.15, 0.2) is 11.5 Å². The van der Waals surface area contributed by atoms with Crippen LogP contribution in [-0.2, 0) is 9.59 Å². The summed E-state index contributed by atoms with van der Waals surface area (Å²) < 4.78 is 16.9. The van der Waals surface area contributed by atoms with Crippen molar-refractivity contribution in [1.29, 1.82) is 0 Å². The third-order valence-corrected chi connectivity index (χ3v) is 5.50. The lowest BCUT2D eigenvalue weighted by Crippen LogP contribution is -2.54. The Labute approximate surface area is 213 Å². The van der Waals surface area contributed by atoms with Crippen molar-refractivity contribution in [2.75, 3.05) is 25.2 Å². The van der Waals surface area contributed by atoms with E-state index in [-0.39, 0.29) is 11.3 Å². The molecule has 3 aromatic carbocycles. The van der Waals surface area contributed by atoms with Crippen LogP contribution in [0.25, 0.3) is 6.08 Å². The Hall–Kier alpha value is -4.30. The Morgan fingerprint density at radius 2 is 1.61 bits per heavy atom. The molecule has 0 spiro atoms. The molecule has 184 valence electrons. The summed E-state index contributed by atoms with van der Waals surface area (Å²) in [6.07, 6.45) is 2.06. The van der Waals surface area contributed by atoms with Crippen molar-refractivity contribution in [2.24, 2.45) is 0 Å². The number of halogens is 1. The quantitative estimate of drug-likeness (QED) is 0.253. The first-order valence-corrected chi connectivity index (χ1v) is 11.5. The van der Waals surface area contributed by atoms with E-state index in [9.17, 15) is 14.4 Å². The number of imide groups is 2. The fraction of sp³-hybridized carbons (Fsp3) is 0.148. The van der Waals surface area contributed by atoms with Crippen LogP contribution in [0.5, 0.6) is 17.2 Å². The van der Waals surface area contributed by atoms with Gasteiger partial charge in [0.25, 0.3) is 11.8 Å². The second kappa shape index (κ2) is 11.4. The van der Waals surface area contributed by atoms with Crippen LogP contribution < -0.4 is 24.4 Å². The van der Waals surface area contributed by atoms with Gasteiger partial charge in [-0.3, -0.25) is 14.9 Å². The first kappa shape index (κ1) is 24.8. The number of nitrogens with one attached hydrogen (secondary N) is 1. The largest absolute Gasteiger partial charge is 0.493 e. The fourth-order valence-corrected chi connectivity index (χ4v) is 3.62. The van der Waals surface area contributed by atoms with Crippen molar-refractivity contribution < 1.29 is 28.6 Å². The minimum atomic E-state index is -0.831. The number of amides is 4. The van der Waals surface area contributed by atoms with Gasteiger partial charge in [-0.2, -0.15) is 0 Å². The van der Waals surface area contributed by atoms with Gasteiger partial charge in [-0.25, -0.2) is 9.69 Å². The van der Waals surface area contributed by atoms with Crippen LogP contribution in [0.1, 0.15) is 12.0 Å². The molecule has 36 heavy (non-hydrogen) atoms. The molecule has 4 amide bonds. The molecular formula is C27H23ClN2O6. The Kier molecular flexibility index (Phi) is 7.87. The highest BCUT2D eigenvalue weighted by Crippen LogP contribution is 2.30. The van der Waals surface area contributed by atoms with Gasteiger partial charge in [0, 0.05) is 11.4 Å². The maximum atomic E-state index is 13.0. The predicted octanol–water partition coefficient (Wildman–Crippen LogP) is 4.86. The van der Waals surface area contributed by atoms with Crippen molar-refractivity contribution >= 4 is 41.2 Å². The predicted molar refractivity (Wildman–Crippen MR) is 135 cm³/mol. The van der Waals surface area contributed by atoms with Crippen LogP contribution in [0.15, 0.2) is 78.4 Å². The van der Waals surface area contributed by atoms with E-state index in [4.69, 9.17) is 25.8 Å². The molecule has 3 aromatic rings. The van der Waals surface area contributed by atoms with E-state index in [0.717, 1.165) is 10.6 Å². The standard InChI is InChI=1S/C27H23ClN2O6/c1-34-24-17-18(8-13-23(24)36-15-5-14-35-21-6-3-2-4-7-21)16-22-25(31)29-27(33)30(26(22)32)20-11-9-19(28)10-12-20/h2-4,6-13,16-17H,5,14-15H2,1H3,(H,29,31,33)/b22-16-. The average Bonchev–Trinajstić information content (AvgIpc) is 2.88. The molecule has 0 saturated carbocycles. The van der Waals surface area contributed by atoms with E-state index < -0.39 is 17.8 Å². The molecule has 8 nitrogen and oxygen atoms in total. The summed E-state index contributed by atoms with van der Waals surface area (Å²) in [4.78, 5) is 38.7. The van der Waals surface area contributed by atoms with Crippen molar-refractivity contribution in [1.82, 2.24) is 5.32 Å². The summed E-state index contributed by atoms with van der Waals surface area (Å²) in [5, 5.41) is 2.65. The molecule has 0 radical (unpaired) electrons. The van der Waals surface area contributed by atoms with Gasteiger partial charge in [0.2, 0.25) is 0 Å².